The van der Waals surface area contributed by atoms with Gasteiger partial charge in [0.25, 0.3) is 10.0 Å². The number of rotatable bonds is 4. The monoisotopic (exact) mass is 405 g/mol. The number of hydrogen-bond acceptors (Lipinski definition) is 6. The van der Waals surface area contributed by atoms with Crippen LogP contribution in [-0.4, -0.2) is 48.5 Å². The number of aryl methyl sites for hydroxylation is 1. The van der Waals surface area contributed by atoms with E-state index in [1.54, 1.807) is 30.5 Å². The fourth-order valence-electron chi connectivity index (χ4n) is 3.35. The Morgan fingerprint density at radius 2 is 2.00 bits per heavy atom. The lowest BCUT2D eigenvalue weighted by molar-refractivity contribution is 0.586. The van der Waals surface area contributed by atoms with Crippen molar-refractivity contribution in [3.05, 3.63) is 47.4 Å². The summed E-state index contributed by atoms with van der Waals surface area (Å²) in [7, 11) is -3.82. The van der Waals surface area contributed by atoms with E-state index >= 15 is 0 Å². The zero-order valence-corrected chi connectivity index (χ0v) is 16.5. The maximum atomic E-state index is 13.3. The van der Waals surface area contributed by atoms with Crippen LogP contribution in [0.2, 0.25) is 5.02 Å². The molecule has 0 unspecified atom stereocenters. The summed E-state index contributed by atoms with van der Waals surface area (Å²) in [5.41, 5.74) is 1.15. The Labute approximate surface area is 163 Å². The number of pyridine rings is 1. The highest BCUT2D eigenvalue weighted by Crippen LogP contribution is 2.29. The molecule has 1 saturated heterocycles. The van der Waals surface area contributed by atoms with E-state index in [1.165, 1.54) is 10.0 Å². The van der Waals surface area contributed by atoms with Gasteiger partial charge in [-0.25, -0.2) is 22.4 Å². The first-order valence-electron chi connectivity index (χ1n) is 8.85. The van der Waals surface area contributed by atoms with Gasteiger partial charge in [0.1, 0.15) is 11.3 Å². The minimum Gasteiger partial charge on any atom is -0.352 e. The van der Waals surface area contributed by atoms with Gasteiger partial charge in [-0.2, -0.15) is 0 Å². The second-order valence-electron chi connectivity index (χ2n) is 6.35. The summed E-state index contributed by atoms with van der Waals surface area (Å²) in [6, 6.07) is 7.99. The van der Waals surface area contributed by atoms with Crippen LogP contribution in [0.4, 0.5) is 5.82 Å². The number of hydrogen-bond donors (Lipinski definition) is 1. The molecule has 1 N–H and O–H groups in total. The second-order valence-corrected chi connectivity index (χ2v) is 8.57. The molecule has 0 aliphatic carbocycles. The molecule has 142 valence electrons. The lowest BCUT2D eigenvalue weighted by atomic mass is 10.3. The molecule has 0 radical (unpaired) electrons. The minimum atomic E-state index is -3.82. The standard InChI is InChI=1S/C18H20ClN5O2S/c1-2-16-22-17-15(6-7-21-18(17)23-10-8-20-9-11-23)24(16)27(25,26)14-5-3-4-13(19)12-14/h3-7,12,20H,2,8-11H2,1H3. The number of fused-ring (bicyclic) bond motifs is 1. The van der Waals surface area contributed by atoms with Crippen molar-refractivity contribution >= 4 is 38.5 Å². The van der Waals surface area contributed by atoms with Crippen LogP contribution >= 0.6 is 11.6 Å². The fourth-order valence-corrected chi connectivity index (χ4v) is 5.20. The van der Waals surface area contributed by atoms with Crippen molar-refractivity contribution in [3.63, 3.8) is 0 Å². The largest absolute Gasteiger partial charge is 0.352 e. The molecule has 0 saturated carbocycles. The van der Waals surface area contributed by atoms with Gasteiger partial charge in [-0.3, -0.25) is 0 Å². The van der Waals surface area contributed by atoms with Crippen molar-refractivity contribution in [2.75, 3.05) is 31.1 Å². The van der Waals surface area contributed by atoms with Gasteiger partial charge in [0.15, 0.2) is 5.82 Å². The van der Waals surface area contributed by atoms with Gasteiger partial charge in [-0.15, -0.1) is 0 Å². The lowest BCUT2D eigenvalue weighted by Gasteiger charge is -2.28. The number of aromatic nitrogens is 3. The Bertz CT molecular complexity index is 1090. The third kappa shape index (κ3) is 3.18. The molecule has 0 atom stereocenters. The molecule has 1 fully saturated rings. The van der Waals surface area contributed by atoms with E-state index in [2.05, 4.69) is 20.2 Å². The summed E-state index contributed by atoms with van der Waals surface area (Å²) in [4.78, 5) is 11.4. The second kappa shape index (κ2) is 7.10. The minimum absolute atomic E-state index is 0.143. The Morgan fingerprint density at radius 3 is 2.70 bits per heavy atom. The lowest BCUT2D eigenvalue weighted by Crippen LogP contribution is -2.44. The number of halogens is 1. The molecule has 1 aromatic carbocycles. The fraction of sp³-hybridized carbons (Fsp3) is 0.333. The summed E-state index contributed by atoms with van der Waals surface area (Å²) in [6.07, 6.45) is 2.13. The van der Waals surface area contributed by atoms with Gasteiger partial charge in [-0.1, -0.05) is 24.6 Å². The molecule has 1 aliphatic rings. The zero-order chi connectivity index (χ0) is 19.0. The SMILES string of the molecule is CCc1nc2c(N3CCNCC3)nccc2n1S(=O)(=O)c1cccc(Cl)c1. The molecule has 1 aliphatic heterocycles. The third-order valence-corrected chi connectivity index (χ3v) is 6.62. The summed E-state index contributed by atoms with van der Waals surface area (Å²) in [6.45, 7) is 5.23. The number of nitrogens with one attached hydrogen (secondary N) is 1. The van der Waals surface area contributed by atoms with Crippen LogP contribution in [0.25, 0.3) is 11.0 Å². The molecule has 2 aromatic heterocycles. The molecule has 3 aromatic rings. The zero-order valence-electron chi connectivity index (χ0n) is 14.9. The van der Waals surface area contributed by atoms with Crippen molar-refractivity contribution in [1.29, 1.82) is 0 Å². The van der Waals surface area contributed by atoms with Crippen LogP contribution in [0.15, 0.2) is 41.4 Å². The molecule has 0 spiro atoms. The summed E-state index contributed by atoms with van der Waals surface area (Å²) in [5.74, 6) is 1.21. The first kappa shape index (κ1) is 18.2. The number of anilines is 1. The third-order valence-electron chi connectivity index (χ3n) is 4.64. The van der Waals surface area contributed by atoms with Crippen LogP contribution in [0, 0.1) is 0 Å². The molecule has 0 amide bonds. The predicted molar refractivity (Wildman–Crippen MR) is 106 cm³/mol. The van der Waals surface area contributed by atoms with Gasteiger partial charge < -0.3 is 10.2 Å². The normalized spacial score (nSPS) is 15.4. The Balaban J connectivity index is 1.93. The maximum absolute atomic E-state index is 13.3. The van der Waals surface area contributed by atoms with Crippen LogP contribution in [0.5, 0.6) is 0 Å². The summed E-state index contributed by atoms with van der Waals surface area (Å²) < 4.78 is 28.0. The van der Waals surface area contributed by atoms with Gasteiger partial charge in [0.05, 0.1) is 10.4 Å². The highest BCUT2D eigenvalue weighted by molar-refractivity contribution is 7.90. The molecule has 3 heterocycles. The van der Waals surface area contributed by atoms with E-state index in [0.29, 0.717) is 28.3 Å². The van der Waals surface area contributed by atoms with Gasteiger partial charge in [-0.05, 0) is 24.3 Å². The average molecular weight is 406 g/mol. The van der Waals surface area contributed by atoms with Crippen molar-refractivity contribution in [3.8, 4) is 0 Å². The molecule has 0 bridgehead atoms. The first-order valence-corrected chi connectivity index (χ1v) is 10.7. The van der Waals surface area contributed by atoms with E-state index in [9.17, 15) is 8.42 Å². The Kier molecular flexibility index (Phi) is 4.79. The van der Waals surface area contributed by atoms with Crippen molar-refractivity contribution < 1.29 is 8.42 Å². The number of piperazine rings is 1. The molecular formula is C18H20ClN5O2S. The molecule has 7 nitrogen and oxygen atoms in total. The van der Waals surface area contributed by atoms with E-state index in [-0.39, 0.29) is 4.90 Å². The van der Waals surface area contributed by atoms with Gasteiger partial charge >= 0.3 is 0 Å². The quantitative estimate of drug-likeness (QED) is 0.717. The van der Waals surface area contributed by atoms with Crippen molar-refractivity contribution in [1.82, 2.24) is 19.3 Å². The van der Waals surface area contributed by atoms with Gasteiger partial charge in [0.2, 0.25) is 0 Å². The number of benzene rings is 1. The Hall–Kier alpha value is -2.16. The van der Waals surface area contributed by atoms with Crippen molar-refractivity contribution in [2.24, 2.45) is 0 Å². The highest BCUT2D eigenvalue weighted by Gasteiger charge is 2.26. The smallest absolute Gasteiger partial charge is 0.269 e. The average Bonchev–Trinajstić information content (AvgIpc) is 3.08. The first-order chi connectivity index (χ1) is 13.0. The van der Waals surface area contributed by atoms with E-state index < -0.39 is 10.0 Å². The van der Waals surface area contributed by atoms with Crippen LogP contribution < -0.4 is 10.2 Å². The van der Waals surface area contributed by atoms with E-state index in [1.807, 2.05) is 6.92 Å². The van der Waals surface area contributed by atoms with Crippen LogP contribution in [-0.2, 0) is 16.4 Å². The van der Waals surface area contributed by atoms with Crippen LogP contribution in [0.1, 0.15) is 12.7 Å². The van der Waals surface area contributed by atoms with E-state index in [4.69, 9.17) is 11.6 Å². The summed E-state index contributed by atoms with van der Waals surface area (Å²) >= 11 is 6.02. The topological polar surface area (TPSA) is 80.1 Å². The van der Waals surface area contributed by atoms with E-state index in [0.717, 1.165) is 32.0 Å². The predicted octanol–water partition coefficient (Wildman–Crippen LogP) is 2.29. The van der Waals surface area contributed by atoms with Gasteiger partial charge in [0, 0.05) is 43.8 Å². The van der Waals surface area contributed by atoms with Crippen molar-refractivity contribution in [2.45, 2.75) is 18.2 Å². The molecule has 9 heteroatoms. The maximum Gasteiger partial charge on any atom is 0.269 e. The molecule has 4 rings (SSSR count). The highest BCUT2D eigenvalue weighted by atomic mass is 35.5. The molecular weight excluding hydrogens is 386 g/mol. The van der Waals surface area contributed by atoms with Crippen LogP contribution in [0.3, 0.4) is 0 Å². The number of nitrogens with zero attached hydrogens (tertiary/aromatic N) is 4. The Morgan fingerprint density at radius 1 is 1.22 bits per heavy atom. The number of imidazole rings is 1. The molecule has 27 heavy (non-hydrogen) atoms. The summed E-state index contributed by atoms with van der Waals surface area (Å²) in [5, 5.41) is 3.68.